The van der Waals surface area contributed by atoms with Crippen molar-refractivity contribution in [2.75, 3.05) is 20.3 Å². The van der Waals surface area contributed by atoms with Gasteiger partial charge in [-0.3, -0.25) is 14.0 Å². The average molecular weight is 356 g/mol. The van der Waals surface area contributed by atoms with E-state index < -0.39 is 0 Å². The predicted molar refractivity (Wildman–Crippen MR) is 93.9 cm³/mol. The number of fused-ring (bicyclic) bond motifs is 1. The molecule has 3 heterocycles. The van der Waals surface area contributed by atoms with E-state index in [0.717, 1.165) is 0 Å². The number of pyridine rings is 1. The summed E-state index contributed by atoms with van der Waals surface area (Å²) in [7, 11) is 1.61. The number of carbonyl (C=O) groups is 2. The largest absolute Gasteiger partial charge is 0.467 e. The maximum absolute atomic E-state index is 12.5. The van der Waals surface area contributed by atoms with Gasteiger partial charge in [-0.15, -0.1) is 0 Å². The maximum Gasteiger partial charge on any atom is 0.287 e. The summed E-state index contributed by atoms with van der Waals surface area (Å²) >= 11 is 0. The van der Waals surface area contributed by atoms with Crippen LogP contribution in [-0.2, 0) is 11.3 Å². The molecule has 0 radical (unpaired) electrons. The summed E-state index contributed by atoms with van der Waals surface area (Å²) in [5.41, 5.74) is 0.755. The highest BCUT2D eigenvalue weighted by molar-refractivity contribution is 6.02. The van der Waals surface area contributed by atoms with Crippen molar-refractivity contribution in [2.24, 2.45) is 0 Å². The topological polar surface area (TPSA) is 97.9 Å². The Morgan fingerprint density at radius 3 is 2.85 bits per heavy atom. The fraction of sp³-hybridized carbons (Fsp3) is 0.278. The van der Waals surface area contributed by atoms with Crippen molar-refractivity contribution in [2.45, 2.75) is 13.0 Å². The number of nitrogens with one attached hydrogen (secondary N) is 2. The van der Waals surface area contributed by atoms with Gasteiger partial charge in [0.15, 0.2) is 5.69 Å². The van der Waals surface area contributed by atoms with Gasteiger partial charge in [-0.2, -0.15) is 0 Å². The molecule has 0 atom stereocenters. The number of furan rings is 1. The second-order valence-corrected chi connectivity index (χ2v) is 5.60. The second-order valence-electron chi connectivity index (χ2n) is 5.60. The van der Waals surface area contributed by atoms with E-state index in [4.69, 9.17) is 9.15 Å². The zero-order valence-corrected chi connectivity index (χ0v) is 14.4. The Hall–Kier alpha value is -3.13. The van der Waals surface area contributed by atoms with E-state index in [1.54, 1.807) is 54.3 Å². The number of hydrogen-bond acceptors (Lipinski definition) is 5. The molecule has 0 fully saturated rings. The first-order valence-electron chi connectivity index (χ1n) is 8.25. The van der Waals surface area contributed by atoms with Crippen molar-refractivity contribution in [1.82, 2.24) is 20.0 Å². The molecule has 0 aliphatic rings. The van der Waals surface area contributed by atoms with Gasteiger partial charge < -0.3 is 19.8 Å². The van der Waals surface area contributed by atoms with Crippen LogP contribution in [0.1, 0.15) is 33.3 Å². The number of aromatic nitrogens is 2. The minimum Gasteiger partial charge on any atom is -0.467 e. The number of hydrogen-bond donors (Lipinski definition) is 2. The first-order valence-corrected chi connectivity index (χ1v) is 8.25. The zero-order valence-electron chi connectivity index (χ0n) is 14.4. The number of ether oxygens (including phenoxy) is 1. The predicted octanol–water partition coefficient (Wildman–Crippen LogP) is 1.62. The van der Waals surface area contributed by atoms with Crippen molar-refractivity contribution >= 4 is 17.3 Å². The van der Waals surface area contributed by atoms with Crippen LogP contribution < -0.4 is 10.6 Å². The molecule has 3 rings (SSSR count). The number of nitrogens with zero attached hydrogens (tertiary/aromatic N) is 2. The van der Waals surface area contributed by atoms with Gasteiger partial charge in [0.25, 0.3) is 11.8 Å². The summed E-state index contributed by atoms with van der Waals surface area (Å²) in [5, 5.41) is 5.53. The average Bonchev–Trinajstić information content (AvgIpc) is 3.31. The third-order valence-electron chi connectivity index (χ3n) is 3.78. The van der Waals surface area contributed by atoms with Crippen LogP contribution in [0.4, 0.5) is 0 Å². The van der Waals surface area contributed by atoms with E-state index in [2.05, 4.69) is 15.6 Å². The highest BCUT2D eigenvalue weighted by atomic mass is 16.5. The molecule has 136 valence electrons. The molecule has 2 amide bonds. The van der Waals surface area contributed by atoms with Crippen molar-refractivity contribution in [3.63, 3.8) is 0 Å². The van der Waals surface area contributed by atoms with Gasteiger partial charge in [0.2, 0.25) is 5.82 Å². The third-order valence-corrected chi connectivity index (χ3v) is 3.78. The molecular weight excluding hydrogens is 336 g/mol. The monoisotopic (exact) mass is 356 g/mol. The van der Waals surface area contributed by atoms with E-state index >= 15 is 0 Å². The Balaban J connectivity index is 1.78. The van der Waals surface area contributed by atoms with E-state index in [-0.39, 0.29) is 29.9 Å². The fourth-order valence-corrected chi connectivity index (χ4v) is 2.53. The van der Waals surface area contributed by atoms with Crippen LogP contribution in [0.15, 0.2) is 47.2 Å². The van der Waals surface area contributed by atoms with E-state index in [9.17, 15) is 9.59 Å². The number of imidazole rings is 1. The van der Waals surface area contributed by atoms with E-state index in [1.165, 1.54) is 0 Å². The highest BCUT2D eigenvalue weighted by Crippen LogP contribution is 2.13. The fourth-order valence-electron chi connectivity index (χ4n) is 2.53. The smallest absolute Gasteiger partial charge is 0.287 e. The Bertz CT molecular complexity index is 886. The number of carbonyl (C=O) groups excluding carboxylic acids is 2. The van der Waals surface area contributed by atoms with Gasteiger partial charge in [0.05, 0.1) is 18.3 Å². The van der Waals surface area contributed by atoms with Crippen LogP contribution >= 0.6 is 0 Å². The van der Waals surface area contributed by atoms with Gasteiger partial charge in [-0.25, -0.2) is 4.98 Å². The quantitative estimate of drug-likeness (QED) is 0.598. The van der Waals surface area contributed by atoms with Gasteiger partial charge >= 0.3 is 0 Å². The highest BCUT2D eigenvalue weighted by Gasteiger charge is 2.21. The van der Waals surface area contributed by atoms with Crippen LogP contribution in [0, 0.1) is 0 Å². The molecule has 0 aliphatic heterocycles. The van der Waals surface area contributed by atoms with Crippen molar-refractivity contribution in [3.8, 4) is 0 Å². The lowest BCUT2D eigenvalue weighted by molar-refractivity contribution is 0.0937. The molecule has 8 heteroatoms. The molecule has 3 aromatic heterocycles. The number of amides is 2. The van der Waals surface area contributed by atoms with Gasteiger partial charge in [-0.1, -0.05) is 6.07 Å². The van der Waals surface area contributed by atoms with Crippen LogP contribution in [0.25, 0.3) is 5.52 Å². The second kappa shape index (κ2) is 8.30. The molecule has 0 spiro atoms. The third kappa shape index (κ3) is 3.92. The minimum atomic E-state index is -0.372. The summed E-state index contributed by atoms with van der Waals surface area (Å²) in [6.07, 6.45) is 3.94. The Labute approximate surface area is 150 Å². The normalized spacial score (nSPS) is 10.8. The van der Waals surface area contributed by atoms with Gasteiger partial charge in [-0.05, 0) is 30.7 Å². The minimum absolute atomic E-state index is 0.168. The Morgan fingerprint density at radius 1 is 1.19 bits per heavy atom. The molecular formula is C18H20N4O4. The molecule has 0 bridgehead atoms. The molecule has 3 aromatic rings. The molecule has 26 heavy (non-hydrogen) atoms. The Morgan fingerprint density at radius 2 is 2.08 bits per heavy atom. The lowest BCUT2D eigenvalue weighted by Crippen LogP contribution is -2.27. The SMILES string of the molecule is COCCCNC(=O)c1nc(C(=O)NCc2ccco2)c2ccccn12. The van der Waals surface area contributed by atoms with Gasteiger partial charge in [0.1, 0.15) is 5.76 Å². The standard InChI is InChI=1S/C18H20N4O4/c1-25-10-5-8-19-18(24)16-21-15(14-7-2-3-9-22(14)16)17(23)20-12-13-6-4-11-26-13/h2-4,6-7,9,11H,5,8,10,12H2,1H3,(H,19,24)(H,20,23). The van der Waals surface area contributed by atoms with Crippen LogP contribution in [0.3, 0.4) is 0 Å². The van der Waals surface area contributed by atoms with Crippen LogP contribution in [-0.4, -0.2) is 41.5 Å². The lowest BCUT2D eigenvalue weighted by Gasteiger charge is -2.03. The summed E-state index contributed by atoms with van der Waals surface area (Å²) in [6.45, 7) is 1.27. The Kier molecular flexibility index (Phi) is 5.65. The van der Waals surface area contributed by atoms with E-state index in [1.807, 2.05) is 0 Å². The first-order chi connectivity index (χ1) is 12.7. The van der Waals surface area contributed by atoms with Crippen molar-refractivity contribution < 1.29 is 18.7 Å². The van der Waals surface area contributed by atoms with Gasteiger partial charge in [0, 0.05) is 26.5 Å². The number of methoxy groups -OCH3 is 1. The zero-order chi connectivity index (χ0) is 18.4. The molecule has 0 unspecified atom stereocenters. The molecule has 0 aromatic carbocycles. The van der Waals surface area contributed by atoms with Crippen LogP contribution in [0.5, 0.6) is 0 Å². The molecule has 8 nitrogen and oxygen atoms in total. The lowest BCUT2D eigenvalue weighted by atomic mass is 10.3. The van der Waals surface area contributed by atoms with E-state index in [0.29, 0.717) is 30.8 Å². The molecule has 2 N–H and O–H groups in total. The summed E-state index contributed by atoms with van der Waals surface area (Å²) in [4.78, 5) is 29.2. The number of rotatable bonds is 8. The molecule has 0 saturated heterocycles. The summed E-state index contributed by atoms with van der Waals surface area (Å²) < 4.78 is 11.8. The van der Waals surface area contributed by atoms with Crippen molar-refractivity contribution in [1.29, 1.82) is 0 Å². The molecule has 0 saturated carbocycles. The maximum atomic E-state index is 12.5. The van der Waals surface area contributed by atoms with Crippen molar-refractivity contribution in [3.05, 3.63) is 60.1 Å². The molecule has 0 aliphatic carbocycles. The van der Waals surface area contributed by atoms with Crippen LogP contribution in [0.2, 0.25) is 0 Å². The summed E-state index contributed by atoms with van der Waals surface area (Å²) in [6, 6.07) is 8.84. The first kappa shape index (κ1) is 17.7. The summed E-state index contributed by atoms with van der Waals surface area (Å²) in [5.74, 6) is 0.0926.